The molecule has 4 N–H and O–H groups in total. The van der Waals surface area contributed by atoms with Crippen LogP contribution in [0, 0.1) is 11.3 Å². The van der Waals surface area contributed by atoms with Crippen LogP contribution in [0.1, 0.15) is 59.8 Å². The molecule has 0 aliphatic rings. The predicted octanol–water partition coefficient (Wildman–Crippen LogP) is 2.05. The molecule has 1 amide bonds. The summed E-state index contributed by atoms with van der Waals surface area (Å²) in [5, 5.41) is 11.9. The quantitative estimate of drug-likeness (QED) is 0.601. The van der Waals surface area contributed by atoms with Gasteiger partial charge in [-0.25, -0.2) is 0 Å². The van der Waals surface area contributed by atoms with Crippen LogP contribution in [0.3, 0.4) is 0 Å². The van der Waals surface area contributed by atoms with Crippen molar-refractivity contribution in [2.45, 2.75) is 65.8 Å². The molecular weight excluding hydrogens is 240 g/mol. The summed E-state index contributed by atoms with van der Waals surface area (Å²) in [5.74, 6) is 0.397. The second-order valence-corrected chi connectivity index (χ2v) is 6.70. The van der Waals surface area contributed by atoms with Crippen LogP contribution in [-0.4, -0.2) is 30.2 Å². The first-order valence-electron chi connectivity index (χ1n) is 7.41. The summed E-state index contributed by atoms with van der Waals surface area (Å²) in [6.07, 6.45) is 4.09. The molecule has 2 atom stereocenters. The van der Waals surface area contributed by atoms with E-state index < -0.39 is 0 Å². The van der Waals surface area contributed by atoms with Crippen molar-refractivity contribution in [3.05, 3.63) is 0 Å². The Morgan fingerprint density at radius 3 is 2.42 bits per heavy atom. The topological polar surface area (TPSA) is 75.3 Å². The first kappa shape index (κ1) is 18.4. The monoisotopic (exact) mass is 272 g/mol. The van der Waals surface area contributed by atoms with E-state index in [9.17, 15) is 4.79 Å². The molecule has 0 aliphatic heterocycles. The fourth-order valence-electron chi connectivity index (χ4n) is 2.37. The largest absolute Gasteiger partial charge is 0.396 e. The normalized spacial score (nSPS) is 15.1. The summed E-state index contributed by atoms with van der Waals surface area (Å²) in [7, 11) is 0. The van der Waals surface area contributed by atoms with Crippen molar-refractivity contribution in [1.29, 1.82) is 0 Å². The number of hydrogen-bond donors (Lipinski definition) is 3. The van der Waals surface area contributed by atoms with Crippen molar-refractivity contribution in [3.8, 4) is 0 Å². The zero-order valence-electron chi connectivity index (χ0n) is 13.0. The van der Waals surface area contributed by atoms with Crippen molar-refractivity contribution < 1.29 is 9.90 Å². The molecule has 0 rings (SSSR count). The molecule has 0 radical (unpaired) electrons. The van der Waals surface area contributed by atoms with E-state index in [2.05, 4.69) is 33.0 Å². The number of carbonyl (C=O) groups excluding carboxylic acids is 1. The highest BCUT2D eigenvalue weighted by Gasteiger charge is 2.18. The van der Waals surface area contributed by atoms with Gasteiger partial charge >= 0.3 is 0 Å². The van der Waals surface area contributed by atoms with Crippen molar-refractivity contribution >= 4 is 5.91 Å². The Kier molecular flexibility index (Phi) is 9.02. The summed E-state index contributed by atoms with van der Waals surface area (Å²) in [4.78, 5) is 11.8. The number of rotatable bonds is 9. The molecule has 19 heavy (non-hydrogen) atoms. The first-order valence-corrected chi connectivity index (χ1v) is 7.41. The van der Waals surface area contributed by atoms with E-state index in [-0.39, 0.29) is 24.0 Å². The van der Waals surface area contributed by atoms with E-state index in [4.69, 9.17) is 10.8 Å². The van der Waals surface area contributed by atoms with Crippen molar-refractivity contribution in [2.75, 3.05) is 13.2 Å². The van der Waals surface area contributed by atoms with Gasteiger partial charge in [-0.2, -0.15) is 0 Å². The second-order valence-electron chi connectivity index (χ2n) is 6.70. The molecule has 0 saturated heterocycles. The second kappa shape index (κ2) is 9.32. The summed E-state index contributed by atoms with van der Waals surface area (Å²) < 4.78 is 0. The molecule has 0 spiro atoms. The molecule has 0 aromatic rings. The lowest BCUT2D eigenvalue weighted by atomic mass is 9.87. The lowest BCUT2D eigenvalue weighted by Gasteiger charge is -2.23. The van der Waals surface area contributed by atoms with Gasteiger partial charge in [0, 0.05) is 25.6 Å². The Bertz CT molecular complexity index is 243. The Morgan fingerprint density at radius 2 is 1.95 bits per heavy atom. The summed E-state index contributed by atoms with van der Waals surface area (Å²) in [6, 6.07) is -0.0810. The van der Waals surface area contributed by atoms with Gasteiger partial charge in [-0.15, -0.1) is 0 Å². The van der Waals surface area contributed by atoms with Gasteiger partial charge in [0.15, 0.2) is 0 Å². The maximum Gasteiger partial charge on any atom is 0.221 e. The van der Waals surface area contributed by atoms with Crippen molar-refractivity contribution in [2.24, 2.45) is 17.1 Å². The minimum absolute atomic E-state index is 0.0239. The number of hydrogen-bond acceptors (Lipinski definition) is 3. The molecule has 0 aromatic carbocycles. The van der Waals surface area contributed by atoms with Crippen LogP contribution in [0.5, 0.6) is 0 Å². The molecule has 0 saturated carbocycles. The fraction of sp³-hybridized carbons (Fsp3) is 0.933. The molecule has 114 valence electrons. The van der Waals surface area contributed by atoms with Crippen LogP contribution in [-0.2, 0) is 4.79 Å². The molecular formula is C15H32N2O2. The third-order valence-electron chi connectivity index (χ3n) is 3.14. The van der Waals surface area contributed by atoms with Crippen molar-refractivity contribution in [1.82, 2.24) is 5.32 Å². The molecule has 2 unspecified atom stereocenters. The standard InChI is InChI=1S/C15H32N2O2/c1-5-6-12(7-8-18)11-17-14(19)9-13(16)10-15(2,3)4/h12-13,18H,5-11,16H2,1-4H3,(H,17,19). The minimum atomic E-state index is -0.0810. The average molecular weight is 272 g/mol. The zero-order valence-corrected chi connectivity index (χ0v) is 13.0. The zero-order chi connectivity index (χ0) is 14.9. The van der Waals surface area contributed by atoms with Crippen molar-refractivity contribution in [3.63, 3.8) is 0 Å². The van der Waals surface area contributed by atoms with Gasteiger partial charge < -0.3 is 16.2 Å². The predicted molar refractivity (Wildman–Crippen MR) is 79.8 cm³/mol. The molecule has 0 aliphatic carbocycles. The maximum absolute atomic E-state index is 11.8. The molecule has 0 fully saturated rings. The number of nitrogens with one attached hydrogen (secondary N) is 1. The molecule has 4 heteroatoms. The van der Waals surface area contributed by atoms with Crippen LogP contribution in [0.4, 0.5) is 0 Å². The Hall–Kier alpha value is -0.610. The highest BCUT2D eigenvalue weighted by molar-refractivity contribution is 5.76. The smallest absolute Gasteiger partial charge is 0.221 e. The van der Waals surface area contributed by atoms with Crippen LogP contribution in [0.2, 0.25) is 0 Å². The fourth-order valence-corrected chi connectivity index (χ4v) is 2.37. The third kappa shape index (κ3) is 11.0. The van der Waals surface area contributed by atoms with Gasteiger partial charge in [-0.1, -0.05) is 34.1 Å². The number of nitrogens with two attached hydrogens (primary N) is 1. The van der Waals surface area contributed by atoms with Crippen LogP contribution >= 0.6 is 0 Å². The third-order valence-corrected chi connectivity index (χ3v) is 3.14. The van der Waals surface area contributed by atoms with Gasteiger partial charge in [0.1, 0.15) is 0 Å². The van der Waals surface area contributed by atoms with Gasteiger partial charge in [0.2, 0.25) is 5.91 Å². The minimum Gasteiger partial charge on any atom is -0.396 e. The van der Waals surface area contributed by atoms with Gasteiger partial charge in [0.05, 0.1) is 0 Å². The Balaban J connectivity index is 3.96. The van der Waals surface area contributed by atoms with Gasteiger partial charge in [-0.05, 0) is 30.6 Å². The molecule has 0 heterocycles. The van der Waals surface area contributed by atoms with Gasteiger partial charge in [-0.3, -0.25) is 4.79 Å². The van der Waals surface area contributed by atoms with E-state index in [1.165, 1.54) is 0 Å². The SMILES string of the molecule is CCCC(CCO)CNC(=O)CC(N)CC(C)(C)C. The lowest BCUT2D eigenvalue weighted by Crippen LogP contribution is -2.36. The van der Waals surface area contributed by atoms with Crippen LogP contribution in [0.15, 0.2) is 0 Å². The van der Waals surface area contributed by atoms with E-state index >= 15 is 0 Å². The van der Waals surface area contributed by atoms with E-state index in [1.54, 1.807) is 0 Å². The maximum atomic E-state index is 11.8. The molecule has 0 aromatic heterocycles. The number of carbonyl (C=O) groups is 1. The molecule has 4 nitrogen and oxygen atoms in total. The Labute approximate surface area is 118 Å². The number of aliphatic hydroxyl groups excluding tert-OH is 1. The van der Waals surface area contributed by atoms with E-state index in [0.29, 0.717) is 18.9 Å². The number of aliphatic hydroxyl groups is 1. The summed E-state index contributed by atoms with van der Waals surface area (Å²) >= 11 is 0. The Morgan fingerprint density at radius 1 is 1.32 bits per heavy atom. The highest BCUT2D eigenvalue weighted by atomic mass is 16.3. The molecule has 0 bridgehead atoms. The summed E-state index contributed by atoms with van der Waals surface area (Å²) in [6.45, 7) is 9.33. The van der Waals surface area contributed by atoms with E-state index in [0.717, 1.165) is 25.7 Å². The number of amides is 1. The van der Waals surface area contributed by atoms with Gasteiger partial charge in [0.25, 0.3) is 0 Å². The van der Waals surface area contributed by atoms with Crippen LogP contribution in [0.25, 0.3) is 0 Å². The lowest BCUT2D eigenvalue weighted by molar-refractivity contribution is -0.121. The van der Waals surface area contributed by atoms with E-state index in [1.807, 2.05) is 0 Å². The van der Waals surface area contributed by atoms with Crippen LogP contribution < -0.4 is 11.1 Å². The summed E-state index contributed by atoms with van der Waals surface area (Å²) in [5.41, 5.74) is 6.14. The highest BCUT2D eigenvalue weighted by Crippen LogP contribution is 2.21. The average Bonchev–Trinajstić information content (AvgIpc) is 2.23. The first-order chi connectivity index (χ1) is 8.78.